The van der Waals surface area contributed by atoms with E-state index in [4.69, 9.17) is 0 Å². The fourth-order valence-corrected chi connectivity index (χ4v) is 2.62. The maximum atomic E-state index is 12.3. The van der Waals surface area contributed by atoms with Gasteiger partial charge in [0.25, 0.3) is 0 Å². The summed E-state index contributed by atoms with van der Waals surface area (Å²) in [5.41, 5.74) is -0.556. The van der Waals surface area contributed by atoms with Gasteiger partial charge in [0.1, 0.15) is 0 Å². The van der Waals surface area contributed by atoms with Crippen molar-refractivity contribution in [3.63, 3.8) is 0 Å². The molecule has 20 heavy (non-hydrogen) atoms. The number of hydrogen-bond acceptors (Lipinski definition) is 3. The van der Waals surface area contributed by atoms with Crippen LogP contribution < -0.4 is 5.32 Å². The molecule has 5 nitrogen and oxygen atoms in total. The number of carbonyl (C=O) groups excluding carboxylic acids is 2. The minimum atomic E-state index is -0.556. The third-order valence-electron chi connectivity index (χ3n) is 4.58. The Bertz CT molecular complexity index is 375. The Morgan fingerprint density at radius 3 is 2.55 bits per heavy atom. The van der Waals surface area contributed by atoms with Gasteiger partial charge in [-0.3, -0.25) is 9.59 Å². The van der Waals surface area contributed by atoms with Gasteiger partial charge in [-0.1, -0.05) is 6.92 Å². The Kier molecular flexibility index (Phi) is 4.68. The van der Waals surface area contributed by atoms with E-state index < -0.39 is 5.54 Å². The predicted octanol–water partition coefficient (Wildman–Crippen LogP) is 0.912. The maximum absolute atomic E-state index is 12.3. The summed E-state index contributed by atoms with van der Waals surface area (Å²) in [5, 5.41) is 12.3. The molecule has 2 N–H and O–H groups in total. The number of likely N-dealkylation sites (tertiary alicyclic amines) is 1. The molecule has 1 saturated heterocycles. The monoisotopic (exact) mass is 282 g/mol. The van der Waals surface area contributed by atoms with Crippen molar-refractivity contribution in [2.24, 2.45) is 11.8 Å². The lowest BCUT2D eigenvalue weighted by molar-refractivity contribution is -0.137. The van der Waals surface area contributed by atoms with Gasteiger partial charge in [-0.25, -0.2) is 0 Å². The van der Waals surface area contributed by atoms with E-state index >= 15 is 0 Å². The van der Waals surface area contributed by atoms with Crippen molar-refractivity contribution in [1.29, 1.82) is 0 Å². The predicted molar refractivity (Wildman–Crippen MR) is 76.0 cm³/mol. The lowest BCUT2D eigenvalue weighted by Gasteiger charge is -2.35. The number of carbonyl (C=O) groups is 2. The Balaban J connectivity index is 1.91. The number of aliphatic hydroxyl groups is 1. The van der Waals surface area contributed by atoms with Crippen LogP contribution in [-0.4, -0.2) is 47.1 Å². The normalized spacial score (nSPS) is 25.9. The number of nitrogens with one attached hydrogen (secondary N) is 1. The van der Waals surface area contributed by atoms with Crippen LogP contribution in [0.3, 0.4) is 0 Å². The molecule has 114 valence electrons. The second-order valence-electron chi connectivity index (χ2n) is 6.46. The zero-order valence-corrected chi connectivity index (χ0v) is 12.5. The number of amides is 2. The van der Waals surface area contributed by atoms with Crippen molar-refractivity contribution >= 4 is 11.8 Å². The average molecular weight is 282 g/mol. The molecule has 5 heteroatoms. The SMILES string of the molecule is CCC(C)(CO)NC(=O)C1CCCN(C(=O)C2CC2)C1. The van der Waals surface area contributed by atoms with Crippen LogP contribution in [0.5, 0.6) is 0 Å². The van der Waals surface area contributed by atoms with Crippen LogP contribution in [0.1, 0.15) is 46.0 Å². The van der Waals surface area contributed by atoms with Gasteiger partial charge in [-0.2, -0.15) is 0 Å². The topological polar surface area (TPSA) is 69.6 Å². The first-order valence-corrected chi connectivity index (χ1v) is 7.71. The van der Waals surface area contributed by atoms with Gasteiger partial charge >= 0.3 is 0 Å². The summed E-state index contributed by atoms with van der Waals surface area (Å²) in [5.74, 6) is 0.277. The van der Waals surface area contributed by atoms with Crippen LogP contribution in [0.25, 0.3) is 0 Å². The van der Waals surface area contributed by atoms with Gasteiger partial charge in [-0.05, 0) is 39.0 Å². The minimum absolute atomic E-state index is 0.0308. The molecule has 1 saturated carbocycles. The molecule has 0 aromatic rings. The van der Waals surface area contributed by atoms with Crippen LogP contribution >= 0.6 is 0 Å². The highest BCUT2D eigenvalue weighted by atomic mass is 16.3. The minimum Gasteiger partial charge on any atom is -0.394 e. The summed E-state index contributed by atoms with van der Waals surface area (Å²) in [4.78, 5) is 26.3. The van der Waals surface area contributed by atoms with Crippen molar-refractivity contribution in [2.75, 3.05) is 19.7 Å². The molecule has 0 spiro atoms. The highest BCUT2D eigenvalue weighted by Gasteiger charge is 2.37. The summed E-state index contributed by atoms with van der Waals surface area (Å²) in [7, 11) is 0. The number of rotatable bonds is 5. The molecular weight excluding hydrogens is 256 g/mol. The van der Waals surface area contributed by atoms with Gasteiger partial charge in [0.05, 0.1) is 18.1 Å². The first kappa shape index (κ1) is 15.3. The Morgan fingerprint density at radius 2 is 2.00 bits per heavy atom. The molecule has 0 aromatic heterocycles. The van der Waals surface area contributed by atoms with E-state index in [2.05, 4.69) is 5.32 Å². The molecule has 1 aliphatic carbocycles. The molecular formula is C15H26N2O3. The molecule has 2 atom stereocenters. The summed E-state index contributed by atoms with van der Waals surface area (Å²) in [6.07, 6.45) is 4.41. The van der Waals surface area contributed by atoms with E-state index in [1.165, 1.54) is 0 Å². The second-order valence-corrected chi connectivity index (χ2v) is 6.46. The van der Waals surface area contributed by atoms with Crippen molar-refractivity contribution in [1.82, 2.24) is 10.2 Å². The fourth-order valence-electron chi connectivity index (χ4n) is 2.62. The van der Waals surface area contributed by atoms with E-state index in [0.29, 0.717) is 13.0 Å². The van der Waals surface area contributed by atoms with E-state index in [9.17, 15) is 14.7 Å². The van der Waals surface area contributed by atoms with Crippen LogP contribution in [0.15, 0.2) is 0 Å². The maximum Gasteiger partial charge on any atom is 0.225 e. The molecule has 2 unspecified atom stereocenters. The van der Waals surface area contributed by atoms with Crippen LogP contribution in [0.2, 0.25) is 0 Å². The van der Waals surface area contributed by atoms with Gasteiger partial charge in [-0.15, -0.1) is 0 Å². The summed E-state index contributed by atoms with van der Waals surface area (Å²) >= 11 is 0. The molecule has 2 fully saturated rings. The third kappa shape index (κ3) is 3.51. The molecule has 1 aliphatic heterocycles. The number of aliphatic hydroxyl groups excluding tert-OH is 1. The lowest BCUT2D eigenvalue weighted by Crippen LogP contribution is -2.53. The standard InChI is InChI=1S/C15H26N2O3/c1-3-15(2,10-18)16-13(19)12-5-4-8-17(9-12)14(20)11-6-7-11/h11-12,18H,3-10H2,1-2H3,(H,16,19). The zero-order chi connectivity index (χ0) is 14.8. The highest BCUT2D eigenvalue weighted by molar-refractivity contribution is 5.83. The number of piperidine rings is 1. The van der Waals surface area contributed by atoms with Gasteiger partial charge in [0.2, 0.25) is 11.8 Å². The van der Waals surface area contributed by atoms with E-state index in [1.54, 1.807) is 0 Å². The molecule has 2 rings (SSSR count). The first-order valence-electron chi connectivity index (χ1n) is 7.71. The van der Waals surface area contributed by atoms with Crippen LogP contribution in [-0.2, 0) is 9.59 Å². The lowest BCUT2D eigenvalue weighted by atomic mass is 9.93. The smallest absolute Gasteiger partial charge is 0.225 e. The van der Waals surface area contributed by atoms with Crippen LogP contribution in [0.4, 0.5) is 0 Å². The van der Waals surface area contributed by atoms with Gasteiger partial charge in [0.15, 0.2) is 0 Å². The Morgan fingerprint density at radius 1 is 1.30 bits per heavy atom. The van der Waals surface area contributed by atoms with E-state index in [-0.39, 0.29) is 30.3 Å². The average Bonchev–Trinajstić information content (AvgIpc) is 3.31. The quantitative estimate of drug-likeness (QED) is 0.787. The molecule has 0 aromatic carbocycles. The molecule has 0 radical (unpaired) electrons. The molecule has 0 bridgehead atoms. The third-order valence-corrected chi connectivity index (χ3v) is 4.58. The largest absolute Gasteiger partial charge is 0.394 e. The van der Waals surface area contributed by atoms with E-state index in [0.717, 1.165) is 32.2 Å². The fraction of sp³-hybridized carbons (Fsp3) is 0.867. The summed E-state index contributed by atoms with van der Waals surface area (Å²) in [6.45, 7) is 5.05. The van der Waals surface area contributed by atoms with Crippen molar-refractivity contribution < 1.29 is 14.7 Å². The summed E-state index contributed by atoms with van der Waals surface area (Å²) in [6, 6.07) is 0. The van der Waals surface area contributed by atoms with E-state index in [1.807, 2.05) is 18.7 Å². The van der Waals surface area contributed by atoms with Crippen molar-refractivity contribution in [3.8, 4) is 0 Å². The molecule has 2 aliphatic rings. The molecule has 2 amide bonds. The zero-order valence-electron chi connectivity index (χ0n) is 12.5. The van der Waals surface area contributed by atoms with Gasteiger partial charge in [0, 0.05) is 19.0 Å². The second kappa shape index (κ2) is 6.12. The van der Waals surface area contributed by atoms with Crippen LogP contribution in [0, 0.1) is 11.8 Å². The molecule has 1 heterocycles. The van der Waals surface area contributed by atoms with Crippen molar-refractivity contribution in [3.05, 3.63) is 0 Å². The summed E-state index contributed by atoms with van der Waals surface area (Å²) < 4.78 is 0. The first-order chi connectivity index (χ1) is 9.49. The highest BCUT2D eigenvalue weighted by Crippen LogP contribution is 2.32. The Labute approximate surface area is 120 Å². The van der Waals surface area contributed by atoms with Crippen molar-refractivity contribution in [2.45, 2.75) is 51.5 Å². The Hall–Kier alpha value is -1.10. The van der Waals surface area contributed by atoms with Gasteiger partial charge < -0.3 is 15.3 Å². The number of nitrogens with zero attached hydrogens (tertiary/aromatic N) is 1. The number of hydrogen-bond donors (Lipinski definition) is 2.